The van der Waals surface area contributed by atoms with Crippen LogP contribution in [0.5, 0.6) is 5.75 Å². The van der Waals surface area contributed by atoms with E-state index in [0.29, 0.717) is 18.0 Å². The number of carbonyl (C=O) groups is 2. The van der Waals surface area contributed by atoms with E-state index in [4.69, 9.17) is 4.74 Å². The Morgan fingerprint density at radius 3 is 2.10 bits per heavy atom. The van der Waals surface area contributed by atoms with Gasteiger partial charge in [-0.2, -0.15) is 0 Å². The van der Waals surface area contributed by atoms with E-state index < -0.39 is 28.5 Å². The molecule has 0 spiro atoms. The predicted octanol–water partition coefficient (Wildman–Crippen LogP) is 5.68. The van der Waals surface area contributed by atoms with Gasteiger partial charge in [-0.1, -0.05) is 52.7 Å². The molecule has 3 aromatic rings. The first-order valence-corrected chi connectivity index (χ1v) is 15.9. The molecule has 0 saturated carbocycles. The maximum atomic E-state index is 14.0. The van der Waals surface area contributed by atoms with Gasteiger partial charge in [-0.05, 0) is 88.2 Å². The van der Waals surface area contributed by atoms with Crippen LogP contribution in [0, 0.1) is 6.92 Å². The summed E-state index contributed by atoms with van der Waals surface area (Å²) >= 11 is 3.42. The number of hydrogen-bond acceptors (Lipinski definition) is 5. The fraction of sp³-hybridized carbons (Fsp3) is 0.355. The molecule has 10 heteroatoms. The Labute approximate surface area is 251 Å². The SMILES string of the molecule is CCOc1ccc(S(=O)(=O)N(CC(=O)N(Cc2ccc(Br)cc2)C(C)C(=O)NC(C)CC)c2ccc(C)cc2)cc1. The van der Waals surface area contributed by atoms with Crippen molar-refractivity contribution in [2.24, 2.45) is 0 Å². The van der Waals surface area contributed by atoms with Crippen LogP contribution in [0.15, 0.2) is 82.2 Å². The Kier molecular flexibility index (Phi) is 11.4. The van der Waals surface area contributed by atoms with Crippen LogP contribution in [0.25, 0.3) is 0 Å². The van der Waals surface area contributed by atoms with Crippen molar-refractivity contribution in [3.8, 4) is 5.75 Å². The molecule has 2 amide bonds. The lowest BCUT2D eigenvalue weighted by Crippen LogP contribution is -2.52. The van der Waals surface area contributed by atoms with E-state index in [9.17, 15) is 18.0 Å². The van der Waals surface area contributed by atoms with Gasteiger partial charge in [0.1, 0.15) is 18.3 Å². The van der Waals surface area contributed by atoms with Gasteiger partial charge in [-0.25, -0.2) is 8.42 Å². The van der Waals surface area contributed by atoms with Crippen molar-refractivity contribution >= 4 is 43.5 Å². The second-order valence-corrected chi connectivity index (χ2v) is 12.7. The van der Waals surface area contributed by atoms with Crippen molar-refractivity contribution in [3.63, 3.8) is 0 Å². The number of hydrogen-bond donors (Lipinski definition) is 1. The topological polar surface area (TPSA) is 96.0 Å². The Bertz CT molecular complexity index is 1410. The Balaban J connectivity index is 2.01. The molecule has 0 heterocycles. The van der Waals surface area contributed by atoms with Crippen molar-refractivity contribution in [2.75, 3.05) is 17.5 Å². The zero-order chi connectivity index (χ0) is 30.2. The van der Waals surface area contributed by atoms with E-state index in [1.165, 1.54) is 17.0 Å². The predicted molar refractivity (Wildman–Crippen MR) is 165 cm³/mol. The molecule has 0 bridgehead atoms. The highest BCUT2D eigenvalue weighted by Crippen LogP contribution is 2.26. The van der Waals surface area contributed by atoms with E-state index in [-0.39, 0.29) is 23.4 Å². The van der Waals surface area contributed by atoms with Gasteiger partial charge in [0.05, 0.1) is 17.2 Å². The summed E-state index contributed by atoms with van der Waals surface area (Å²) in [6.07, 6.45) is 0.737. The number of anilines is 1. The molecule has 0 fully saturated rings. The van der Waals surface area contributed by atoms with Gasteiger partial charge in [0.25, 0.3) is 10.0 Å². The number of benzene rings is 3. The quantitative estimate of drug-likeness (QED) is 0.258. The molecule has 41 heavy (non-hydrogen) atoms. The summed E-state index contributed by atoms with van der Waals surface area (Å²) in [7, 11) is -4.15. The average molecular weight is 645 g/mol. The molecule has 0 aliphatic rings. The van der Waals surface area contributed by atoms with Crippen molar-refractivity contribution in [1.29, 1.82) is 0 Å². The summed E-state index contributed by atoms with van der Waals surface area (Å²) in [5.41, 5.74) is 2.10. The number of nitrogens with one attached hydrogen (secondary N) is 1. The van der Waals surface area contributed by atoms with Gasteiger partial charge >= 0.3 is 0 Å². The lowest BCUT2D eigenvalue weighted by atomic mass is 10.1. The minimum Gasteiger partial charge on any atom is -0.494 e. The van der Waals surface area contributed by atoms with Crippen molar-refractivity contribution in [3.05, 3.63) is 88.4 Å². The molecule has 220 valence electrons. The third kappa shape index (κ3) is 8.56. The van der Waals surface area contributed by atoms with E-state index in [1.807, 2.05) is 52.0 Å². The van der Waals surface area contributed by atoms with E-state index >= 15 is 0 Å². The first-order valence-electron chi connectivity index (χ1n) is 13.6. The second kappa shape index (κ2) is 14.5. The molecular weight excluding hydrogens is 606 g/mol. The molecule has 2 atom stereocenters. The Morgan fingerprint density at radius 2 is 1.54 bits per heavy atom. The summed E-state index contributed by atoms with van der Waals surface area (Å²) in [6, 6.07) is 19.6. The summed E-state index contributed by atoms with van der Waals surface area (Å²) in [5.74, 6) is -0.262. The maximum absolute atomic E-state index is 14.0. The van der Waals surface area contributed by atoms with Gasteiger partial charge in [0.15, 0.2) is 0 Å². The number of carbonyl (C=O) groups excluding carboxylic acids is 2. The third-order valence-electron chi connectivity index (χ3n) is 6.76. The summed E-state index contributed by atoms with van der Waals surface area (Å²) in [5, 5.41) is 2.94. The molecule has 0 aliphatic carbocycles. The number of rotatable bonds is 13. The van der Waals surface area contributed by atoms with Gasteiger partial charge in [-0.3, -0.25) is 13.9 Å². The minimum absolute atomic E-state index is 0.0244. The second-order valence-electron chi connectivity index (χ2n) is 9.89. The van der Waals surface area contributed by atoms with Gasteiger partial charge in [-0.15, -0.1) is 0 Å². The molecule has 3 aromatic carbocycles. The highest BCUT2D eigenvalue weighted by molar-refractivity contribution is 9.10. The van der Waals surface area contributed by atoms with Gasteiger partial charge in [0, 0.05) is 17.1 Å². The van der Waals surface area contributed by atoms with E-state index in [0.717, 1.165) is 26.3 Å². The zero-order valence-electron chi connectivity index (χ0n) is 24.1. The molecule has 8 nitrogen and oxygen atoms in total. The number of aryl methyl sites for hydroxylation is 1. The highest BCUT2D eigenvalue weighted by atomic mass is 79.9. The third-order valence-corrected chi connectivity index (χ3v) is 9.07. The molecule has 0 aromatic heterocycles. The van der Waals surface area contributed by atoms with Crippen molar-refractivity contribution in [2.45, 2.75) is 64.6 Å². The fourth-order valence-corrected chi connectivity index (χ4v) is 5.75. The van der Waals surface area contributed by atoms with Crippen LogP contribution >= 0.6 is 15.9 Å². The zero-order valence-corrected chi connectivity index (χ0v) is 26.5. The van der Waals surface area contributed by atoms with Crippen LogP contribution in [0.1, 0.15) is 45.2 Å². The van der Waals surface area contributed by atoms with E-state index in [1.54, 1.807) is 43.3 Å². The highest BCUT2D eigenvalue weighted by Gasteiger charge is 2.32. The van der Waals surface area contributed by atoms with Crippen LogP contribution in [-0.4, -0.2) is 50.4 Å². The van der Waals surface area contributed by atoms with E-state index in [2.05, 4.69) is 21.2 Å². The molecule has 2 unspecified atom stereocenters. The molecule has 0 saturated heterocycles. The molecule has 0 aliphatic heterocycles. The van der Waals surface area contributed by atoms with Crippen LogP contribution < -0.4 is 14.4 Å². The smallest absolute Gasteiger partial charge is 0.264 e. The number of sulfonamides is 1. The van der Waals surface area contributed by atoms with Crippen LogP contribution in [0.2, 0.25) is 0 Å². The first kappa shape index (κ1) is 32.1. The lowest BCUT2D eigenvalue weighted by Gasteiger charge is -2.32. The van der Waals surface area contributed by atoms with Gasteiger partial charge in [0.2, 0.25) is 11.8 Å². The summed E-state index contributed by atoms with van der Waals surface area (Å²) in [6.45, 7) is 9.36. The minimum atomic E-state index is -4.15. The molecular formula is C31H38BrN3O5S. The average Bonchev–Trinajstić information content (AvgIpc) is 2.96. The fourth-order valence-electron chi connectivity index (χ4n) is 4.08. The van der Waals surface area contributed by atoms with Crippen LogP contribution in [0.4, 0.5) is 5.69 Å². The first-order chi connectivity index (χ1) is 19.5. The number of ether oxygens (including phenoxy) is 1. The summed E-state index contributed by atoms with van der Waals surface area (Å²) < 4.78 is 35.4. The molecule has 0 radical (unpaired) electrons. The van der Waals surface area contributed by atoms with Gasteiger partial charge < -0.3 is 15.0 Å². The maximum Gasteiger partial charge on any atom is 0.264 e. The lowest BCUT2D eigenvalue weighted by molar-refractivity contribution is -0.139. The Morgan fingerprint density at radius 1 is 0.927 bits per heavy atom. The number of nitrogens with zero attached hydrogens (tertiary/aromatic N) is 2. The van der Waals surface area contributed by atoms with Crippen molar-refractivity contribution in [1.82, 2.24) is 10.2 Å². The summed E-state index contributed by atoms with van der Waals surface area (Å²) in [4.78, 5) is 28.6. The van der Waals surface area contributed by atoms with Crippen molar-refractivity contribution < 1.29 is 22.7 Å². The van der Waals surface area contributed by atoms with Crippen LogP contribution in [-0.2, 0) is 26.2 Å². The Hall–Kier alpha value is -3.37. The number of amides is 2. The number of halogens is 1. The largest absolute Gasteiger partial charge is 0.494 e. The molecule has 1 N–H and O–H groups in total. The molecule has 3 rings (SSSR count). The van der Waals surface area contributed by atoms with Crippen LogP contribution in [0.3, 0.4) is 0 Å². The monoisotopic (exact) mass is 643 g/mol. The standard InChI is InChI=1S/C31H38BrN3O5S/c1-6-23(4)33-31(37)24(5)34(20-25-10-12-26(32)13-11-25)30(36)21-35(27-14-8-22(3)9-15-27)41(38,39)29-18-16-28(17-19-29)40-7-2/h8-19,23-24H,6-7,20-21H2,1-5H3,(H,33,37). The normalized spacial score (nSPS) is 12.7.